The predicted molar refractivity (Wildman–Crippen MR) is 231 cm³/mol. The highest BCUT2D eigenvalue weighted by molar-refractivity contribution is 5.92. The van der Waals surface area contributed by atoms with Gasteiger partial charge in [0, 0.05) is 22.4 Å². The lowest BCUT2D eigenvalue weighted by molar-refractivity contribution is 0.660. The smallest absolute Gasteiger partial charge is 0.0714 e. The first-order valence-electron chi connectivity index (χ1n) is 19.6. The van der Waals surface area contributed by atoms with E-state index in [4.69, 9.17) is 0 Å². The fraction of sp³-hybridized carbons (Fsp3) is 0.111. The Kier molecular flexibility index (Phi) is 7.75. The van der Waals surface area contributed by atoms with Crippen LogP contribution in [0.15, 0.2) is 194 Å². The third-order valence-electron chi connectivity index (χ3n) is 12.3. The topological polar surface area (TPSA) is 3.24 Å². The van der Waals surface area contributed by atoms with E-state index in [1.54, 1.807) is 0 Å². The molecule has 2 aliphatic carbocycles. The summed E-state index contributed by atoms with van der Waals surface area (Å²) in [5.41, 5.74) is 19.8. The second-order valence-corrected chi connectivity index (χ2v) is 15.6. The van der Waals surface area contributed by atoms with E-state index in [-0.39, 0.29) is 5.41 Å². The van der Waals surface area contributed by atoms with Crippen LogP contribution in [0.1, 0.15) is 59.7 Å². The molecular formula is C54H43N. The summed E-state index contributed by atoms with van der Waals surface area (Å²) in [4.78, 5) is 2.52. The molecule has 0 saturated heterocycles. The van der Waals surface area contributed by atoms with Crippen LogP contribution in [0, 0.1) is 0 Å². The van der Waals surface area contributed by atoms with Crippen LogP contribution in [0.3, 0.4) is 0 Å². The lowest BCUT2D eigenvalue weighted by atomic mass is 9.67. The average Bonchev–Trinajstić information content (AvgIpc) is 3.67. The molecule has 0 amide bonds. The van der Waals surface area contributed by atoms with Gasteiger partial charge in [-0.1, -0.05) is 185 Å². The van der Waals surface area contributed by atoms with Crippen molar-refractivity contribution in [3.63, 3.8) is 0 Å². The molecule has 55 heavy (non-hydrogen) atoms. The Morgan fingerprint density at radius 3 is 1.58 bits per heavy atom. The summed E-state index contributed by atoms with van der Waals surface area (Å²) >= 11 is 0. The molecule has 0 bridgehead atoms. The molecule has 0 saturated carbocycles. The van der Waals surface area contributed by atoms with Gasteiger partial charge in [-0.05, 0) is 104 Å². The van der Waals surface area contributed by atoms with E-state index in [0.29, 0.717) is 0 Å². The maximum atomic E-state index is 2.52. The van der Waals surface area contributed by atoms with Crippen LogP contribution in [0.25, 0.3) is 33.4 Å². The molecule has 264 valence electrons. The Bertz CT molecular complexity index is 2670. The minimum absolute atomic E-state index is 0.127. The van der Waals surface area contributed by atoms with Crippen molar-refractivity contribution in [3.05, 3.63) is 233 Å². The Morgan fingerprint density at radius 1 is 0.400 bits per heavy atom. The average molecular weight is 706 g/mol. The van der Waals surface area contributed by atoms with E-state index in [9.17, 15) is 0 Å². The molecule has 0 radical (unpaired) electrons. The van der Waals surface area contributed by atoms with Crippen molar-refractivity contribution in [3.8, 4) is 33.4 Å². The van der Waals surface area contributed by atoms with Gasteiger partial charge in [-0.2, -0.15) is 0 Å². The molecule has 1 nitrogen and oxygen atoms in total. The zero-order valence-electron chi connectivity index (χ0n) is 31.6. The van der Waals surface area contributed by atoms with Crippen molar-refractivity contribution in [1.82, 2.24) is 0 Å². The fourth-order valence-electron chi connectivity index (χ4n) is 9.72. The molecule has 0 fully saturated rings. The van der Waals surface area contributed by atoms with Crippen LogP contribution in [0.5, 0.6) is 0 Å². The molecule has 2 aliphatic rings. The van der Waals surface area contributed by atoms with Crippen LogP contribution in [-0.4, -0.2) is 0 Å². The molecule has 1 heteroatoms. The van der Waals surface area contributed by atoms with Crippen molar-refractivity contribution in [2.24, 2.45) is 0 Å². The quantitative estimate of drug-likeness (QED) is 0.160. The van der Waals surface area contributed by atoms with E-state index in [1.165, 1.54) is 72.3 Å². The first-order chi connectivity index (χ1) is 27.0. The summed E-state index contributed by atoms with van der Waals surface area (Å²) in [6.45, 7) is 7.03. The van der Waals surface area contributed by atoms with E-state index in [0.717, 1.165) is 23.5 Å². The monoisotopic (exact) mass is 705 g/mol. The Hall–Kier alpha value is -6.44. The summed E-state index contributed by atoms with van der Waals surface area (Å²) in [6.07, 6.45) is 0.912. The van der Waals surface area contributed by atoms with Gasteiger partial charge >= 0.3 is 0 Å². The van der Waals surface area contributed by atoms with Gasteiger partial charge in [-0.15, -0.1) is 0 Å². The van der Waals surface area contributed by atoms with Crippen LogP contribution < -0.4 is 4.90 Å². The van der Waals surface area contributed by atoms with Crippen molar-refractivity contribution >= 4 is 17.1 Å². The number of fused-ring (bicyclic) bond motifs is 6. The number of rotatable bonds is 7. The molecule has 0 heterocycles. The highest BCUT2D eigenvalue weighted by Gasteiger charge is 2.46. The summed E-state index contributed by atoms with van der Waals surface area (Å²) in [6, 6.07) is 72.4. The van der Waals surface area contributed by atoms with E-state index in [1.807, 2.05) is 0 Å². The molecule has 0 aromatic heterocycles. The molecule has 0 N–H and O–H groups in total. The summed E-state index contributed by atoms with van der Waals surface area (Å²) in [5, 5.41) is 0. The van der Waals surface area contributed by atoms with E-state index < -0.39 is 5.41 Å². The Labute approximate surface area is 325 Å². The molecule has 0 atom stereocenters. The zero-order valence-corrected chi connectivity index (χ0v) is 31.6. The maximum Gasteiger partial charge on any atom is 0.0714 e. The first-order valence-corrected chi connectivity index (χ1v) is 19.6. The second kappa shape index (κ2) is 12.9. The van der Waals surface area contributed by atoms with Crippen LogP contribution in [0.2, 0.25) is 0 Å². The second-order valence-electron chi connectivity index (χ2n) is 15.6. The molecule has 8 aromatic rings. The van der Waals surface area contributed by atoms with Gasteiger partial charge in [0.15, 0.2) is 0 Å². The molecule has 0 aliphatic heterocycles. The minimum atomic E-state index is -0.499. The lowest BCUT2D eigenvalue weighted by Crippen LogP contribution is -2.29. The number of nitrogens with zero attached hydrogens (tertiary/aromatic N) is 1. The first kappa shape index (κ1) is 33.2. The highest BCUT2D eigenvalue weighted by Crippen LogP contribution is 2.57. The maximum absolute atomic E-state index is 2.52. The molecule has 0 spiro atoms. The third-order valence-corrected chi connectivity index (χ3v) is 12.3. The highest BCUT2D eigenvalue weighted by atomic mass is 15.1. The van der Waals surface area contributed by atoms with Gasteiger partial charge in [-0.25, -0.2) is 0 Å². The zero-order chi connectivity index (χ0) is 37.1. The standard InChI is InChI=1S/C54H43N/c1-4-37-33-40(54(39-21-9-6-10-22-39)49-28-16-12-25-45(49)46-26-13-17-29-50(46)54)35-42(34-37)55(52-30-18-14-23-43(52)38-19-7-5-8-20-38)41-31-32-47-44-24-11-15-27-48(44)53(2,3)51(47)36-41/h5-36H,4H2,1-3H3. The van der Waals surface area contributed by atoms with Gasteiger partial charge in [0.1, 0.15) is 0 Å². The summed E-state index contributed by atoms with van der Waals surface area (Å²) in [5.74, 6) is 0. The van der Waals surface area contributed by atoms with Crippen molar-refractivity contribution < 1.29 is 0 Å². The molecule has 8 aromatic carbocycles. The Morgan fingerprint density at radius 2 is 0.927 bits per heavy atom. The van der Waals surface area contributed by atoms with Gasteiger partial charge in [0.05, 0.1) is 11.1 Å². The summed E-state index contributed by atoms with van der Waals surface area (Å²) < 4.78 is 0. The fourth-order valence-corrected chi connectivity index (χ4v) is 9.72. The predicted octanol–water partition coefficient (Wildman–Crippen LogP) is 14.1. The van der Waals surface area contributed by atoms with Crippen molar-refractivity contribution in [2.75, 3.05) is 4.90 Å². The van der Waals surface area contributed by atoms with E-state index >= 15 is 0 Å². The largest absolute Gasteiger partial charge is 0.310 e. The van der Waals surface area contributed by atoms with Crippen LogP contribution in [-0.2, 0) is 17.3 Å². The van der Waals surface area contributed by atoms with Gasteiger partial charge in [-0.3, -0.25) is 0 Å². The van der Waals surface area contributed by atoms with Gasteiger partial charge < -0.3 is 4.90 Å². The van der Waals surface area contributed by atoms with E-state index in [2.05, 4.69) is 220 Å². The summed E-state index contributed by atoms with van der Waals surface area (Å²) in [7, 11) is 0. The van der Waals surface area contributed by atoms with Crippen molar-refractivity contribution in [1.29, 1.82) is 0 Å². The molecule has 10 rings (SSSR count). The number of hydrogen-bond acceptors (Lipinski definition) is 1. The van der Waals surface area contributed by atoms with Crippen molar-refractivity contribution in [2.45, 2.75) is 38.0 Å². The minimum Gasteiger partial charge on any atom is -0.310 e. The SMILES string of the molecule is CCc1cc(N(c2ccc3c(c2)C(C)(C)c2ccccc2-3)c2ccccc2-c2ccccc2)cc(C2(c3ccccc3)c3ccccc3-c3ccccc32)c1. The number of hydrogen-bond donors (Lipinski definition) is 0. The van der Waals surface area contributed by atoms with Gasteiger partial charge in [0.25, 0.3) is 0 Å². The normalized spacial score (nSPS) is 14.1. The van der Waals surface area contributed by atoms with Crippen LogP contribution >= 0.6 is 0 Å². The number of aryl methyl sites for hydroxylation is 1. The number of benzene rings is 8. The third kappa shape index (κ3) is 5.00. The number of anilines is 3. The lowest BCUT2D eigenvalue weighted by Gasteiger charge is -2.36. The van der Waals surface area contributed by atoms with Crippen LogP contribution in [0.4, 0.5) is 17.1 Å². The number of para-hydroxylation sites is 1. The Balaban J connectivity index is 1.28. The molecular weight excluding hydrogens is 663 g/mol. The van der Waals surface area contributed by atoms with Gasteiger partial charge in [0.2, 0.25) is 0 Å². The molecule has 0 unspecified atom stereocenters.